The highest BCUT2D eigenvalue weighted by Crippen LogP contribution is 2.10. The molecular weight excluding hydrogens is 182 g/mol. The van der Waals surface area contributed by atoms with Crippen LogP contribution >= 0.6 is 0 Å². The Balaban J connectivity index is 2.42. The molecule has 3 N–H and O–H groups in total. The smallest absolute Gasteiger partial charge is 0.233 e. The Hall–Kier alpha value is -2.24. The summed E-state index contributed by atoms with van der Waals surface area (Å²) in [6.45, 7) is 0. The topological polar surface area (TPSA) is 97.6 Å². The maximum Gasteiger partial charge on any atom is 0.233 e. The van der Waals surface area contributed by atoms with Gasteiger partial charge in [-0.1, -0.05) is 0 Å². The van der Waals surface area contributed by atoms with E-state index in [0.717, 1.165) is 0 Å². The minimum atomic E-state index is -0.312. The molecule has 14 heavy (non-hydrogen) atoms. The molecule has 2 aromatic heterocycles. The molecule has 0 aliphatic heterocycles. The Morgan fingerprint density at radius 3 is 2.93 bits per heavy atom. The fourth-order valence-corrected chi connectivity index (χ4v) is 1.05. The number of ketones is 1. The van der Waals surface area contributed by atoms with Gasteiger partial charge in [-0.15, -0.1) is 0 Å². The molecule has 2 heterocycles. The lowest BCUT2D eigenvalue weighted by Crippen LogP contribution is -2.08. The predicted molar refractivity (Wildman–Crippen MR) is 48.5 cm³/mol. The normalized spacial score (nSPS) is 10.0. The van der Waals surface area contributed by atoms with Gasteiger partial charge < -0.3 is 5.73 Å². The molecule has 0 aliphatic carbocycles. The molecule has 0 bridgehead atoms. The van der Waals surface area contributed by atoms with Gasteiger partial charge in [0.25, 0.3) is 0 Å². The molecule has 0 saturated carbocycles. The highest BCUT2D eigenvalue weighted by molar-refractivity contribution is 6.09. The van der Waals surface area contributed by atoms with Crippen LogP contribution in [0.3, 0.4) is 0 Å². The van der Waals surface area contributed by atoms with Crippen LogP contribution in [0.15, 0.2) is 24.7 Å². The molecule has 0 spiro atoms. The van der Waals surface area contributed by atoms with Gasteiger partial charge in [0.2, 0.25) is 5.78 Å². The van der Waals surface area contributed by atoms with Crippen molar-refractivity contribution in [2.45, 2.75) is 0 Å². The number of hydrogen-bond acceptors (Lipinski definition) is 5. The van der Waals surface area contributed by atoms with Gasteiger partial charge in [-0.25, -0.2) is 9.97 Å². The van der Waals surface area contributed by atoms with Crippen LogP contribution < -0.4 is 5.73 Å². The van der Waals surface area contributed by atoms with Crippen LogP contribution in [-0.2, 0) is 0 Å². The number of carbonyl (C=O) groups excluding carboxylic acids is 1. The van der Waals surface area contributed by atoms with Crippen molar-refractivity contribution in [3.63, 3.8) is 0 Å². The van der Waals surface area contributed by atoms with E-state index in [1.54, 1.807) is 12.1 Å². The molecule has 0 unspecified atom stereocenters. The monoisotopic (exact) mass is 189 g/mol. The zero-order chi connectivity index (χ0) is 9.97. The summed E-state index contributed by atoms with van der Waals surface area (Å²) in [5, 5.41) is 6.05. The SMILES string of the molecule is Nc1ncccc1C(=O)c1ncn[nH]1. The molecule has 70 valence electrons. The molecule has 6 nitrogen and oxygen atoms in total. The van der Waals surface area contributed by atoms with Crippen molar-refractivity contribution < 1.29 is 4.79 Å². The van der Waals surface area contributed by atoms with Gasteiger partial charge in [-0.2, -0.15) is 5.10 Å². The molecule has 0 atom stereocenters. The van der Waals surface area contributed by atoms with Crippen molar-refractivity contribution in [1.82, 2.24) is 20.2 Å². The van der Waals surface area contributed by atoms with Gasteiger partial charge in [-0.3, -0.25) is 9.89 Å². The fraction of sp³-hybridized carbons (Fsp3) is 0. The first-order valence-electron chi connectivity index (χ1n) is 3.89. The van der Waals surface area contributed by atoms with E-state index in [-0.39, 0.29) is 17.4 Å². The minimum Gasteiger partial charge on any atom is -0.383 e. The number of pyridine rings is 1. The molecule has 0 amide bonds. The predicted octanol–water partition coefficient (Wildman–Crippen LogP) is 0.0129. The van der Waals surface area contributed by atoms with Crippen LogP contribution in [0.25, 0.3) is 0 Å². The lowest BCUT2D eigenvalue weighted by Gasteiger charge is -1.99. The number of aromatic amines is 1. The molecule has 0 fully saturated rings. The summed E-state index contributed by atoms with van der Waals surface area (Å²) in [7, 11) is 0. The second kappa shape index (κ2) is 3.25. The molecular formula is C8H7N5O. The Morgan fingerprint density at radius 2 is 2.29 bits per heavy atom. The van der Waals surface area contributed by atoms with Crippen LogP contribution in [0, 0.1) is 0 Å². The summed E-state index contributed by atoms with van der Waals surface area (Å²) in [5.74, 6) is 0.0340. The quantitative estimate of drug-likeness (QED) is 0.648. The molecule has 6 heteroatoms. The number of H-pyrrole nitrogens is 1. The van der Waals surface area contributed by atoms with Crippen molar-refractivity contribution in [2.24, 2.45) is 0 Å². The van der Waals surface area contributed by atoms with Gasteiger partial charge >= 0.3 is 0 Å². The number of anilines is 1. The van der Waals surface area contributed by atoms with Gasteiger partial charge in [0.15, 0.2) is 5.82 Å². The Bertz CT molecular complexity index is 451. The number of nitrogen functional groups attached to an aromatic ring is 1. The van der Waals surface area contributed by atoms with Crippen LogP contribution in [0.5, 0.6) is 0 Å². The highest BCUT2D eigenvalue weighted by Gasteiger charge is 2.14. The van der Waals surface area contributed by atoms with Crippen LogP contribution in [0.4, 0.5) is 5.82 Å². The minimum absolute atomic E-state index is 0.157. The number of rotatable bonds is 2. The number of aromatic nitrogens is 4. The third kappa shape index (κ3) is 1.33. The van der Waals surface area contributed by atoms with Gasteiger partial charge in [-0.05, 0) is 12.1 Å². The maximum atomic E-state index is 11.7. The van der Waals surface area contributed by atoms with Gasteiger partial charge in [0.05, 0.1) is 5.56 Å². The first kappa shape index (κ1) is 8.36. The van der Waals surface area contributed by atoms with Crippen molar-refractivity contribution >= 4 is 11.6 Å². The van der Waals surface area contributed by atoms with E-state index in [0.29, 0.717) is 5.56 Å². The van der Waals surface area contributed by atoms with Crippen LogP contribution in [0.2, 0.25) is 0 Å². The average molecular weight is 189 g/mol. The zero-order valence-corrected chi connectivity index (χ0v) is 7.14. The molecule has 0 saturated heterocycles. The lowest BCUT2D eigenvalue weighted by molar-refractivity contribution is 0.103. The second-order valence-corrected chi connectivity index (χ2v) is 2.60. The molecule has 2 rings (SSSR count). The number of nitrogens with two attached hydrogens (primary N) is 1. The third-order valence-electron chi connectivity index (χ3n) is 1.71. The number of carbonyl (C=O) groups is 1. The highest BCUT2D eigenvalue weighted by atomic mass is 16.1. The molecule has 0 aliphatic rings. The number of nitrogens with one attached hydrogen (secondary N) is 1. The van der Waals surface area contributed by atoms with Crippen molar-refractivity contribution in [3.8, 4) is 0 Å². The van der Waals surface area contributed by atoms with Gasteiger partial charge in [0.1, 0.15) is 12.1 Å². The van der Waals surface area contributed by atoms with E-state index < -0.39 is 0 Å². The molecule has 2 aromatic rings. The summed E-state index contributed by atoms with van der Waals surface area (Å²) in [5.41, 5.74) is 5.86. The standard InChI is InChI=1S/C8H7N5O/c9-7-5(2-1-3-10-7)6(14)8-11-4-12-13-8/h1-4H,(H2,9,10)(H,11,12,13). The van der Waals surface area contributed by atoms with Crippen LogP contribution in [0.1, 0.15) is 16.2 Å². The summed E-state index contributed by atoms with van der Waals surface area (Å²) in [4.78, 5) is 19.2. The Kier molecular flexibility index (Phi) is 1.94. The van der Waals surface area contributed by atoms with E-state index >= 15 is 0 Å². The average Bonchev–Trinajstić information content (AvgIpc) is 2.70. The van der Waals surface area contributed by atoms with E-state index in [9.17, 15) is 4.79 Å². The van der Waals surface area contributed by atoms with Crippen molar-refractivity contribution in [3.05, 3.63) is 36.0 Å². The van der Waals surface area contributed by atoms with Crippen molar-refractivity contribution in [1.29, 1.82) is 0 Å². The van der Waals surface area contributed by atoms with Crippen molar-refractivity contribution in [2.75, 3.05) is 5.73 Å². The Labute approximate surface area is 79.2 Å². The number of hydrogen-bond donors (Lipinski definition) is 2. The maximum absolute atomic E-state index is 11.7. The van der Waals surface area contributed by atoms with Gasteiger partial charge in [0, 0.05) is 6.20 Å². The first-order valence-corrected chi connectivity index (χ1v) is 3.89. The Morgan fingerprint density at radius 1 is 1.43 bits per heavy atom. The summed E-state index contributed by atoms with van der Waals surface area (Å²) < 4.78 is 0. The summed E-state index contributed by atoms with van der Waals surface area (Å²) >= 11 is 0. The van der Waals surface area contributed by atoms with Crippen LogP contribution in [-0.4, -0.2) is 25.9 Å². The fourth-order valence-electron chi connectivity index (χ4n) is 1.05. The number of nitrogens with zero attached hydrogens (tertiary/aromatic N) is 3. The second-order valence-electron chi connectivity index (χ2n) is 2.60. The molecule has 0 radical (unpaired) electrons. The van der Waals surface area contributed by atoms with E-state index in [1.807, 2.05) is 0 Å². The third-order valence-corrected chi connectivity index (χ3v) is 1.71. The lowest BCUT2D eigenvalue weighted by atomic mass is 10.1. The zero-order valence-electron chi connectivity index (χ0n) is 7.14. The van der Waals surface area contributed by atoms with E-state index in [1.165, 1.54) is 12.5 Å². The summed E-state index contributed by atoms with van der Waals surface area (Å²) in [6, 6.07) is 3.23. The summed E-state index contributed by atoms with van der Waals surface area (Å²) in [6.07, 6.45) is 2.78. The first-order chi connectivity index (χ1) is 6.79. The van der Waals surface area contributed by atoms with E-state index in [2.05, 4.69) is 20.2 Å². The largest absolute Gasteiger partial charge is 0.383 e. The molecule has 0 aromatic carbocycles. The van der Waals surface area contributed by atoms with E-state index in [4.69, 9.17) is 5.73 Å².